The molecule has 2 saturated heterocycles. The van der Waals surface area contributed by atoms with Crippen LogP contribution < -0.4 is 0 Å². The monoisotopic (exact) mass is 332 g/mol. The van der Waals surface area contributed by atoms with Gasteiger partial charge in [0.05, 0.1) is 0 Å². The van der Waals surface area contributed by atoms with Crippen LogP contribution in [0.5, 0.6) is 0 Å². The third-order valence-corrected chi connectivity index (χ3v) is 5.90. The normalized spacial score (nSPS) is 21.6. The average Bonchev–Trinajstić information content (AvgIpc) is 3.06. The van der Waals surface area contributed by atoms with Gasteiger partial charge in [-0.3, -0.25) is 9.59 Å². The van der Waals surface area contributed by atoms with Crippen molar-refractivity contribution in [1.29, 1.82) is 0 Å². The van der Waals surface area contributed by atoms with Gasteiger partial charge in [0.15, 0.2) is 0 Å². The molecule has 0 bridgehead atoms. The molecule has 2 amide bonds. The summed E-state index contributed by atoms with van der Waals surface area (Å²) in [6.45, 7) is 6.31. The molecule has 0 aliphatic carbocycles. The van der Waals surface area contributed by atoms with E-state index in [-0.39, 0.29) is 17.9 Å². The van der Waals surface area contributed by atoms with Crippen LogP contribution >= 0.6 is 11.8 Å². The molecule has 23 heavy (non-hydrogen) atoms. The topological polar surface area (TPSA) is 40.6 Å². The van der Waals surface area contributed by atoms with Crippen molar-refractivity contribution in [3.63, 3.8) is 0 Å². The summed E-state index contributed by atoms with van der Waals surface area (Å²) in [4.78, 5) is 29.5. The second-order valence-corrected chi connectivity index (χ2v) is 7.57. The summed E-state index contributed by atoms with van der Waals surface area (Å²) in [7, 11) is 0. The lowest BCUT2D eigenvalue weighted by Crippen LogP contribution is -2.50. The molecule has 0 unspecified atom stereocenters. The predicted octanol–water partition coefficient (Wildman–Crippen LogP) is 2.48. The van der Waals surface area contributed by atoms with Crippen molar-refractivity contribution < 1.29 is 9.59 Å². The van der Waals surface area contributed by atoms with E-state index in [9.17, 15) is 9.59 Å². The van der Waals surface area contributed by atoms with Crippen molar-refractivity contribution in [2.75, 3.05) is 31.1 Å². The van der Waals surface area contributed by atoms with Crippen LogP contribution in [0.3, 0.4) is 0 Å². The number of carbonyl (C=O) groups is 2. The van der Waals surface area contributed by atoms with Crippen LogP contribution in [-0.4, -0.2) is 58.8 Å². The minimum Gasteiger partial charge on any atom is -0.339 e. The highest BCUT2D eigenvalue weighted by Crippen LogP contribution is 2.25. The summed E-state index contributed by atoms with van der Waals surface area (Å²) in [5.74, 6) is 2.15. The standard InChI is InChI=1S/C18H24N2O2S/c1-13-5-3-6-15(14(13)2)17(21)20-8-4-7-16(20)18(22)19-9-11-23-12-10-19/h3,5-6,16H,4,7-12H2,1-2H3/t16-/m0/s1. The number of benzene rings is 1. The second kappa shape index (κ2) is 6.95. The zero-order valence-corrected chi connectivity index (χ0v) is 14.7. The molecule has 0 radical (unpaired) electrons. The summed E-state index contributed by atoms with van der Waals surface area (Å²) >= 11 is 1.89. The molecular formula is C18H24N2O2S. The van der Waals surface area contributed by atoms with Crippen molar-refractivity contribution in [2.24, 2.45) is 0 Å². The third-order valence-electron chi connectivity index (χ3n) is 4.96. The van der Waals surface area contributed by atoms with Crippen LogP contribution in [0.25, 0.3) is 0 Å². The number of nitrogens with zero attached hydrogens (tertiary/aromatic N) is 2. The van der Waals surface area contributed by atoms with Crippen LogP contribution in [0.2, 0.25) is 0 Å². The van der Waals surface area contributed by atoms with Gasteiger partial charge in [-0.25, -0.2) is 0 Å². The molecule has 5 heteroatoms. The van der Waals surface area contributed by atoms with E-state index < -0.39 is 0 Å². The molecule has 0 N–H and O–H groups in total. The van der Waals surface area contributed by atoms with Gasteiger partial charge < -0.3 is 9.80 Å². The molecule has 1 atom stereocenters. The molecule has 1 aromatic rings. The SMILES string of the molecule is Cc1cccc(C(=O)N2CCC[C@H]2C(=O)N2CCSCC2)c1C. The number of carbonyl (C=O) groups excluding carboxylic acids is 2. The van der Waals surface area contributed by atoms with Crippen LogP contribution in [-0.2, 0) is 4.79 Å². The quantitative estimate of drug-likeness (QED) is 0.835. The molecule has 124 valence electrons. The summed E-state index contributed by atoms with van der Waals surface area (Å²) in [5, 5.41) is 0. The van der Waals surface area contributed by atoms with E-state index in [0.717, 1.165) is 54.1 Å². The summed E-state index contributed by atoms with van der Waals surface area (Å²) < 4.78 is 0. The molecule has 2 aliphatic rings. The van der Waals surface area contributed by atoms with E-state index in [1.54, 1.807) is 4.90 Å². The van der Waals surface area contributed by atoms with E-state index in [1.807, 2.05) is 48.7 Å². The Labute approximate surface area is 142 Å². The van der Waals surface area contributed by atoms with Crippen molar-refractivity contribution in [3.8, 4) is 0 Å². The molecule has 0 aromatic heterocycles. The number of aryl methyl sites for hydroxylation is 1. The van der Waals surface area contributed by atoms with Crippen molar-refractivity contribution >= 4 is 23.6 Å². The first-order valence-corrected chi connectivity index (χ1v) is 9.49. The first-order valence-electron chi connectivity index (χ1n) is 8.33. The fraction of sp³-hybridized carbons (Fsp3) is 0.556. The van der Waals surface area contributed by atoms with Gasteiger partial charge >= 0.3 is 0 Å². The second-order valence-electron chi connectivity index (χ2n) is 6.34. The Bertz CT molecular complexity index is 611. The highest BCUT2D eigenvalue weighted by Gasteiger charge is 2.37. The van der Waals surface area contributed by atoms with Crippen molar-refractivity contribution in [1.82, 2.24) is 9.80 Å². The van der Waals surface area contributed by atoms with Gasteiger partial charge in [0.25, 0.3) is 5.91 Å². The first kappa shape index (κ1) is 16.4. The zero-order chi connectivity index (χ0) is 16.4. The van der Waals surface area contributed by atoms with E-state index >= 15 is 0 Å². The first-order chi connectivity index (χ1) is 11.1. The Morgan fingerprint density at radius 1 is 1.13 bits per heavy atom. The van der Waals surface area contributed by atoms with Gasteiger partial charge in [0.2, 0.25) is 5.91 Å². The summed E-state index contributed by atoms with van der Waals surface area (Å²) in [6.07, 6.45) is 1.70. The van der Waals surface area contributed by atoms with Crippen LogP contribution in [0.15, 0.2) is 18.2 Å². The smallest absolute Gasteiger partial charge is 0.254 e. The lowest BCUT2D eigenvalue weighted by Gasteiger charge is -2.32. The van der Waals surface area contributed by atoms with Crippen LogP contribution in [0.1, 0.15) is 34.3 Å². The third kappa shape index (κ3) is 3.25. The predicted molar refractivity (Wildman–Crippen MR) is 93.9 cm³/mol. The van der Waals surface area contributed by atoms with Gasteiger partial charge in [-0.05, 0) is 43.9 Å². The lowest BCUT2D eigenvalue weighted by molar-refractivity contribution is -0.134. The van der Waals surface area contributed by atoms with Gasteiger partial charge in [-0.1, -0.05) is 12.1 Å². The molecule has 0 saturated carbocycles. The largest absolute Gasteiger partial charge is 0.339 e. The molecule has 2 aliphatic heterocycles. The van der Waals surface area contributed by atoms with E-state index in [1.165, 1.54) is 0 Å². The molecule has 1 aromatic carbocycles. The average molecular weight is 332 g/mol. The highest BCUT2D eigenvalue weighted by molar-refractivity contribution is 7.99. The number of thioether (sulfide) groups is 1. The summed E-state index contributed by atoms with van der Waals surface area (Å²) in [6, 6.07) is 5.54. The fourth-order valence-electron chi connectivity index (χ4n) is 3.40. The Kier molecular flexibility index (Phi) is 4.95. The maximum Gasteiger partial charge on any atom is 0.254 e. The zero-order valence-electron chi connectivity index (χ0n) is 13.9. The maximum absolute atomic E-state index is 13.0. The van der Waals surface area contributed by atoms with E-state index in [4.69, 9.17) is 0 Å². The minimum absolute atomic E-state index is 0.00781. The van der Waals surface area contributed by atoms with Crippen LogP contribution in [0.4, 0.5) is 0 Å². The number of rotatable bonds is 2. The molecule has 4 nitrogen and oxygen atoms in total. The van der Waals surface area contributed by atoms with Gasteiger partial charge in [-0.2, -0.15) is 11.8 Å². The number of hydrogen-bond donors (Lipinski definition) is 0. The highest BCUT2D eigenvalue weighted by atomic mass is 32.2. The molecule has 2 fully saturated rings. The Morgan fingerprint density at radius 3 is 2.61 bits per heavy atom. The lowest BCUT2D eigenvalue weighted by atomic mass is 10.0. The van der Waals surface area contributed by atoms with Gasteiger partial charge in [-0.15, -0.1) is 0 Å². The van der Waals surface area contributed by atoms with Gasteiger partial charge in [0, 0.05) is 36.7 Å². The molecule has 0 spiro atoms. The molecule has 3 rings (SSSR count). The van der Waals surface area contributed by atoms with Crippen molar-refractivity contribution in [2.45, 2.75) is 32.7 Å². The minimum atomic E-state index is -0.273. The Balaban J connectivity index is 1.79. The Morgan fingerprint density at radius 2 is 1.87 bits per heavy atom. The molecule has 2 heterocycles. The summed E-state index contributed by atoms with van der Waals surface area (Å²) in [5.41, 5.74) is 2.87. The van der Waals surface area contributed by atoms with E-state index in [2.05, 4.69) is 0 Å². The molecular weight excluding hydrogens is 308 g/mol. The van der Waals surface area contributed by atoms with Gasteiger partial charge in [0.1, 0.15) is 6.04 Å². The number of likely N-dealkylation sites (tertiary alicyclic amines) is 1. The van der Waals surface area contributed by atoms with E-state index in [0.29, 0.717) is 6.54 Å². The Hall–Kier alpha value is -1.49. The number of amides is 2. The van der Waals surface area contributed by atoms with Crippen LogP contribution in [0, 0.1) is 13.8 Å². The van der Waals surface area contributed by atoms with Crippen molar-refractivity contribution in [3.05, 3.63) is 34.9 Å². The fourth-order valence-corrected chi connectivity index (χ4v) is 4.30. The number of hydrogen-bond acceptors (Lipinski definition) is 3. The maximum atomic E-state index is 13.0.